The molecule has 2 aliphatic heterocycles. The molecule has 1 saturated heterocycles. The van der Waals surface area contributed by atoms with Crippen LogP contribution in [0.1, 0.15) is 44.6 Å². The lowest BCUT2D eigenvalue weighted by Crippen LogP contribution is -2.51. The fourth-order valence-corrected chi connectivity index (χ4v) is 4.59. The Balaban J connectivity index is 1.92. The first kappa shape index (κ1) is 24.1. The van der Waals surface area contributed by atoms with E-state index in [1.165, 1.54) is 24.1 Å². The lowest BCUT2D eigenvalue weighted by atomic mass is 9.78. The van der Waals surface area contributed by atoms with Crippen LogP contribution < -0.4 is 5.32 Å². The maximum atomic E-state index is 13.6. The maximum absolute atomic E-state index is 13.6. The van der Waals surface area contributed by atoms with Crippen LogP contribution in [0.5, 0.6) is 0 Å². The summed E-state index contributed by atoms with van der Waals surface area (Å²) in [6.07, 6.45) is -10.1. The maximum Gasteiger partial charge on any atom is 0.416 e. The average Bonchev–Trinajstić information content (AvgIpc) is 2.80. The second kappa shape index (κ2) is 8.61. The number of carbonyl (C=O) groups excluding carboxylic acids is 2. The van der Waals surface area contributed by atoms with Crippen molar-refractivity contribution in [1.29, 1.82) is 0 Å². The number of fused-ring (bicyclic) bond motifs is 1. The molecule has 2 unspecified atom stereocenters. The predicted octanol–water partition coefficient (Wildman–Crippen LogP) is 4.07. The number of amides is 2. The number of nitrogens with zero attached hydrogens (tertiary/aromatic N) is 2. The summed E-state index contributed by atoms with van der Waals surface area (Å²) in [6.45, 7) is 1.67. The molecule has 0 radical (unpaired) electrons. The first-order valence-corrected chi connectivity index (χ1v) is 10.5. The van der Waals surface area contributed by atoms with Crippen molar-refractivity contribution in [3.05, 3.63) is 70.3 Å². The summed E-state index contributed by atoms with van der Waals surface area (Å²) in [6, 6.07) is 6.06. The van der Waals surface area contributed by atoms with Crippen molar-refractivity contribution in [2.24, 2.45) is 0 Å². The summed E-state index contributed by atoms with van der Waals surface area (Å²) in [4.78, 5) is 29.3. The lowest BCUT2D eigenvalue weighted by molar-refractivity contribution is -0.143. The molecule has 5 nitrogen and oxygen atoms in total. The zero-order valence-corrected chi connectivity index (χ0v) is 18.0. The van der Waals surface area contributed by atoms with Gasteiger partial charge in [0, 0.05) is 38.8 Å². The van der Waals surface area contributed by atoms with Gasteiger partial charge in [0.1, 0.15) is 0 Å². The Hall–Kier alpha value is -3.08. The number of halogens is 6. The van der Waals surface area contributed by atoms with E-state index >= 15 is 0 Å². The number of hydrogen-bond donors (Lipinski definition) is 1. The van der Waals surface area contributed by atoms with Crippen molar-refractivity contribution in [3.63, 3.8) is 0 Å². The van der Waals surface area contributed by atoms with Gasteiger partial charge < -0.3 is 15.1 Å². The monoisotopic (exact) mass is 485 g/mol. The molecule has 0 aromatic heterocycles. The molecule has 182 valence electrons. The van der Waals surface area contributed by atoms with Crippen LogP contribution in [0.25, 0.3) is 0 Å². The Morgan fingerprint density at radius 3 is 2.06 bits per heavy atom. The largest absolute Gasteiger partial charge is 0.416 e. The van der Waals surface area contributed by atoms with Gasteiger partial charge in [0.05, 0.1) is 23.1 Å². The molecule has 0 saturated carbocycles. The van der Waals surface area contributed by atoms with E-state index in [2.05, 4.69) is 5.32 Å². The quantitative estimate of drug-likeness (QED) is 0.653. The average molecular weight is 485 g/mol. The van der Waals surface area contributed by atoms with Gasteiger partial charge >= 0.3 is 12.4 Å². The summed E-state index contributed by atoms with van der Waals surface area (Å²) < 4.78 is 81.2. The SMILES string of the molecule is CN1C(=O)c2ccccc2C(C(=O)N2CCNCC2)C1c1cc(C(F)(F)F)cc(C(F)(F)F)c1. The van der Waals surface area contributed by atoms with E-state index in [-0.39, 0.29) is 17.2 Å². The van der Waals surface area contributed by atoms with E-state index in [0.29, 0.717) is 38.3 Å². The first-order chi connectivity index (χ1) is 15.9. The number of likely N-dealkylation sites (N-methyl/N-ethyl adjacent to an activating group) is 1. The van der Waals surface area contributed by atoms with Gasteiger partial charge in [0.2, 0.25) is 5.91 Å². The van der Waals surface area contributed by atoms with E-state index in [4.69, 9.17) is 0 Å². The Labute approximate surface area is 191 Å². The Kier molecular flexibility index (Phi) is 6.09. The van der Waals surface area contributed by atoms with Gasteiger partial charge in [-0.2, -0.15) is 26.3 Å². The fraction of sp³-hybridized carbons (Fsp3) is 0.391. The Morgan fingerprint density at radius 1 is 0.941 bits per heavy atom. The second-order valence-corrected chi connectivity index (χ2v) is 8.34. The molecular weight excluding hydrogens is 464 g/mol. The molecule has 0 aliphatic carbocycles. The molecule has 34 heavy (non-hydrogen) atoms. The lowest BCUT2D eigenvalue weighted by Gasteiger charge is -2.42. The minimum absolute atomic E-state index is 0.0369. The Bertz CT molecular complexity index is 1080. The smallest absolute Gasteiger partial charge is 0.340 e. The van der Waals surface area contributed by atoms with E-state index in [1.54, 1.807) is 12.1 Å². The highest BCUT2D eigenvalue weighted by molar-refractivity contribution is 6.01. The Morgan fingerprint density at radius 2 is 1.50 bits per heavy atom. The molecule has 1 N–H and O–H groups in total. The van der Waals surface area contributed by atoms with Crippen LogP contribution >= 0.6 is 0 Å². The van der Waals surface area contributed by atoms with Crippen LogP contribution in [-0.4, -0.2) is 54.8 Å². The molecule has 2 aromatic rings. The summed E-state index contributed by atoms with van der Waals surface area (Å²) in [5, 5.41) is 3.09. The third-order valence-corrected chi connectivity index (χ3v) is 6.23. The van der Waals surface area contributed by atoms with Crippen molar-refractivity contribution in [2.75, 3.05) is 33.2 Å². The van der Waals surface area contributed by atoms with Gasteiger partial charge in [-0.3, -0.25) is 9.59 Å². The van der Waals surface area contributed by atoms with Crippen LogP contribution in [0.2, 0.25) is 0 Å². The molecule has 11 heteroatoms. The number of alkyl halides is 6. The zero-order chi connectivity index (χ0) is 24.8. The van der Waals surface area contributed by atoms with Crippen LogP contribution in [0.3, 0.4) is 0 Å². The topological polar surface area (TPSA) is 52.7 Å². The highest BCUT2D eigenvalue weighted by atomic mass is 19.4. The standard InChI is InChI=1S/C23H21F6N3O2/c1-31-19(13-10-14(22(24,25)26)12-15(11-13)23(27,28)29)18(21(34)32-8-6-30-7-9-32)16-4-2-3-5-17(16)20(31)33/h2-5,10-12,18-19,30H,6-9H2,1H3. The van der Waals surface area contributed by atoms with Crippen molar-refractivity contribution >= 4 is 11.8 Å². The van der Waals surface area contributed by atoms with Crippen molar-refractivity contribution < 1.29 is 35.9 Å². The number of hydrogen-bond acceptors (Lipinski definition) is 3. The highest BCUT2D eigenvalue weighted by Crippen LogP contribution is 2.46. The molecule has 2 heterocycles. The normalized spacial score (nSPS) is 21.4. The van der Waals surface area contributed by atoms with Crippen LogP contribution in [0.15, 0.2) is 42.5 Å². The molecule has 0 spiro atoms. The number of piperazine rings is 1. The third-order valence-electron chi connectivity index (χ3n) is 6.23. The molecule has 2 aliphatic rings. The third kappa shape index (κ3) is 4.36. The number of carbonyl (C=O) groups is 2. The van der Waals surface area contributed by atoms with E-state index in [0.717, 1.165) is 4.90 Å². The van der Waals surface area contributed by atoms with Crippen molar-refractivity contribution in [2.45, 2.75) is 24.3 Å². The van der Waals surface area contributed by atoms with Gasteiger partial charge in [0.25, 0.3) is 5.91 Å². The van der Waals surface area contributed by atoms with Crippen LogP contribution in [-0.2, 0) is 17.1 Å². The van der Waals surface area contributed by atoms with Gasteiger partial charge in [-0.05, 0) is 35.4 Å². The summed E-state index contributed by atoms with van der Waals surface area (Å²) in [7, 11) is 1.29. The first-order valence-electron chi connectivity index (χ1n) is 10.5. The minimum atomic E-state index is -5.05. The molecule has 2 aromatic carbocycles. The van der Waals surface area contributed by atoms with Crippen LogP contribution in [0, 0.1) is 0 Å². The van der Waals surface area contributed by atoms with Crippen molar-refractivity contribution in [3.8, 4) is 0 Å². The fourth-order valence-electron chi connectivity index (χ4n) is 4.59. The van der Waals surface area contributed by atoms with Crippen LogP contribution in [0.4, 0.5) is 26.3 Å². The van der Waals surface area contributed by atoms with E-state index < -0.39 is 52.8 Å². The molecule has 2 atom stereocenters. The number of nitrogens with one attached hydrogen (secondary N) is 1. The number of rotatable bonds is 2. The summed E-state index contributed by atoms with van der Waals surface area (Å²) >= 11 is 0. The predicted molar refractivity (Wildman–Crippen MR) is 110 cm³/mol. The molecule has 1 fully saturated rings. The minimum Gasteiger partial charge on any atom is -0.340 e. The molecular formula is C23H21F6N3O2. The van der Waals surface area contributed by atoms with Gasteiger partial charge in [-0.1, -0.05) is 18.2 Å². The summed E-state index contributed by atoms with van der Waals surface area (Å²) in [5.41, 5.74) is -2.92. The van der Waals surface area contributed by atoms with Gasteiger partial charge in [-0.25, -0.2) is 0 Å². The molecule has 4 rings (SSSR count). The second-order valence-electron chi connectivity index (χ2n) is 8.34. The van der Waals surface area contributed by atoms with Gasteiger partial charge in [-0.15, -0.1) is 0 Å². The molecule has 2 amide bonds. The highest BCUT2D eigenvalue weighted by Gasteiger charge is 2.46. The summed E-state index contributed by atoms with van der Waals surface area (Å²) in [5.74, 6) is -2.21. The zero-order valence-electron chi connectivity index (χ0n) is 18.0. The van der Waals surface area contributed by atoms with E-state index in [1.807, 2.05) is 0 Å². The number of benzene rings is 2. The van der Waals surface area contributed by atoms with Crippen molar-refractivity contribution in [1.82, 2.24) is 15.1 Å². The van der Waals surface area contributed by atoms with E-state index in [9.17, 15) is 35.9 Å². The molecule has 0 bridgehead atoms. The van der Waals surface area contributed by atoms with Gasteiger partial charge in [0.15, 0.2) is 0 Å².